The molecule has 2 fully saturated rings. The van der Waals surface area contributed by atoms with E-state index in [9.17, 15) is 14.2 Å². The average molecular weight is 549 g/mol. The highest BCUT2D eigenvalue weighted by molar-refractivity contribution is 7.80. The number of ether oxygens (including phenoxy) is 1. The van der Waals surface area contributed by atoms with Gasteiger partial charge in [-0.2, -0.15) is 12.6 Å². The summed E-state index contributed by atoms with van der Waals surface area (Å²) in [5.41, 5.74) is -1.30. The fourth-order valence-electron chi connectivity index (χ4n) is 4.34. The van der Waals surface area contributed by atoms with Gasteiger partial charge in [-0.05, 0) is 37.1 Å². The predicted octanol–water partition coefficient (Wildman–Crippen LogP) is 4.87. The number of nitrogens with one attached hydrogen (secondary N) is 1. The molecule has 1 aliphatic heterocycles. The first-order chi connectivity index (χ1) is 16.7. The van der Waals surface area contributed by atoms with Gasteiger partial charge in [-0.15, -0.1) is 0 Å². The van der Waals surface area contributed by atoms with E-state index in [1.807, 2.05) is 0 Å². The van der Waals surface area contributed by atoms with Gasteiger partial charge in [0.1, 0.15) is 18.6 Å². The van der Waals surface area contributed by atoms with Crippen LogP contribution in [0.2, 0.25) is 5.02 Å². The van der Waals surface area contributed by atoms with E-state index in [0.29, 0.717) is 25.0 Å². The van der Waals surface area contributed by atoms with E-state index in [4.69, 9.17) is 29.9 Å². The van der Waals surface area contributed by atoms with Crippen molar-refractivity contribution >= 4 is 32.1 Å². The molecule has 4 atom stereocenters. The lowest BCUT2D eigenvalue weighted by atomic mass is 9.99. The topological polar surface area (TPSA) is 109 Å². The second kappa shape index (κ2) is 11.2. The average Bonchev–Trinajstić information content (AvgIpc) is 3.42. The molecule has 2 heterocycles. The van der Waals surface area contributed by atoms with E-state index in [1.54, 1.807) is 18.2 Å². The number of halogens is 2. The van der Waals surface area contributed by atoms with Crippen molar-refractivity contribution in [3.8, 4) is 5.75 Å². The van der Waals surface area contributed by atoms with Crippen molar-refractivity contribution in [3.63, 3.8) is 0 Å². The monoisotopic (exact) mass is 548 g/mol. The molecule has 0 radical (unpaired) electrons. The van der Waals surface area contributed by atoms with Gasteiger partial charge in [0.25, 0.3) is 5.56 Å². The standard InChI is InChI=1S/C22H27ClFN2O7PS/c23-17-7-3-4-8-18(17)33-34(29,32-16-5-1-2-6-16)30-14-22(24)13-15(10-12-35)20(31-22)26-11-9-19(27)25-21(26)28/h3-4,7-9,11,15-16,20,35H,1-2,5-6,10,12-14H2,(H,25,27,28)/t15?,20?,22-,34?/m0/s1. The third kappa shape index (κ3) is 6.58. The van der Waals surface area contributed by atoms with Crippen molar-refractivity contribution in [1.29, 1.82) is 0 Å². The first-order valence-corrected chi connectivity index (χ1v) is 13.8. The van der Waals surface area contributed by atoms with E-state index in [2.05, 4.69) is 17.6 Å². The fraction of sp³-hybridized carbons (Fsp3) is 0.545. The number of hydrogen-bond acceptors (Lipinski definition) is 8. The van der Waals surface area contributed by atoms with Gasteiger partial charge in [-0.1, -0.05) is 36.6 Å². The highest BCUT2D eigenvalue weighted by Crippen LogP contribution is 2.55. The van der Waals surface area contributed by atoms with Crippen molar-refractivity contribution in [3.05, 3.63) is 62.4 Å². The van der Waals surface area contributed by atoms with Crippen LogP contribution in [0.15, 0.2) is 46.1 Å². The lowest BCUT2D eigenvalue weighted by Crippen LogP contribution is -2.35. The van der Waals surface area contributed by atoms with Gasteiger partial charge < -0.3 is 9.26 Å². The predicted molar refractivity (Wildman–Crippen MR) is 131 cm³/mol. The number of hydrogen-bond donors (Lipinski definition) is 2. The lowest BCUT2D eigenvalue weighted by molar-refractivity contribution is -0.177. The molecule has 13 heteroatoms. The summed E-state index contributed by atoms with van der Waals surface area (Å²) in [5, 5.41) is 0.199. The number of thiol groups is 1. The normalized spacial score (nSPS) is 26.6. The van der Waals surface area contributed by atoms with Crippen molar-refractivity contribution in [2.24, 2.45) is 5.92 Å². The lowest BCUT2D eigenvalue weighted by Gasteiger charge is -2.26. The first kappa shape index (κ1) is 26.4. The number of benzene rings is 1. The summed E-state index contributed by atoms with van der Waals surface area (Å²) < 4.78 is 53.0. The van der Waals surface area contributed by atoms with Gasteiger partial charge in [-0.25, -0.2) is 13.8 Å². The number of phosphoric acid groups is 1. The molecule has 0 spiro atoms. The minimum atomic E-state index is -4.29. The number of aromatic amines is 1. The van der Waals surface area contributed by atoms with Gasteiger partial charge in [0.05, 0.1) is 11.1 Å². The summed E-state index contributed by atoms with van der Waals surface area (Å²) in [6.45, 7) is -0.765. The maximum Gasteiger partial charge on any atom is 0.530 e. The van der Waals surface area contributed by atoms with Crippen molar-refractivity contribution < 1.29 is 27.3 Å². The molecule has 1 saturated carbocycles. The van der Waals surface area contributed by atoms with Crippen LogP contribution in [0, 0.1) is 5.92 Å². The Morgan fingerprint density at radius 1 is 1.26 bits per heavy atom. The Morgan fingerprint density at radius 3 is 2.69 bits per heavy atom. The zero-order valence-corrected chi connectivity index (χ0v) is 21.4. The largest absolute Gasteiger partial charge is 0.530 e. The Morgan fingerprint density at radius 2 is 2.00 bits per heavy atom. The molecule has 4 rings (SSSR count). The van der Waals surface area contributed by atoms with Gasteiger partial charge in [0, 0.05) is 24.6 Å². The maximum atomic E-state index is 15.9. The highest BCUT2D eigenvalue weighted by atomic mass is 35.5. The minimum absolute atomic E-state index is 0.0846. The molecule has 1 aromatic carbocycles. The molecule has 2 aliphatic rings. The Labute approximate surface area is 211 Å². The van der Waals surface area contributed by atoms with Crippen LogP contribution < -0.4 is 15.8 Å². The number of nitrogens with zero attached hydrogens (tertiary/aromatic N) is 1. The second-order valence-electron chi connectivity index (χ2n) is 8.64. The summed E-state index contributed by atoms with van der Waals surface area (Å²) in [5.74, 6) is -2.35. The van der Waals surface area contributed by atoms with Crippen molar-refractivity contribution in [2.75, 3.05) is 12.4 Å². The van der Waals surface area contributed by atoms with Crippen LogP contribution in [0.1, 0.15) is 44.8 Å². The minimum Gasteiger partial charge on any atom is -0.402 e. The molecule has 0 bridgehead atoms. The summed E-state index contributed by atoms with van der Waals surface area (Å²) >= 11 is 10.4. The number of para-hydroxylation sites is 1. The summed E-state index contributed by atoms with van der Waals surface area (Å²) in [7, 11) is -4.29. The third-order valence-corrected chi connectivity index (χ3v) is 7.99. The van der Waals surface area contributed by atoms with E-state index >= 15 is 4.39 Å². The quantitative estimate of drug-likeness (QED) is 0.322. The number of aromatic nitrogens is 2. The molecule has 1 N–H and O–H groups in total. The molecule has 1 aromatic heterocycles. The second-order valence-corrected chi connectivity index (χ2v) is 11.0. The van der Waals surface area contributed by atoms with E-state index < -0.39 is 43.7 Å². The van der Waals surface area contributed by atoms with E-state index in [-0.39, 0.29) is 23.3 Å². The highest BCUT2D eigenvalue weighted by Gasteiger charge is 2.50. The van der Waals surface area contributed by atoms with Gasteiger partial charge >= 0.3 is 13.5 Å². The zero-order valence-electron chi connectivity index (χ0n) is 18.8. The maximum absolute atomic E-state index is 15.9. The van der Waals surface area contributed by atoms with Gasteiger partial charge in [0.2, 0.25) is 5.85 Å². The van der Waals surface area contributed by atoms with Crippen LogP contribution in [-0.4, -0.2) is 33.9 Å². The molecular formula is C22H27ClFN2O7PS. The van der Waals surface area contributed by atoms with Crippen molar-refractivity contribution in [2.45, 2.75) is 56.7 Å². The first-order valence-electron chi connectivity index (χ1n) is 11.4. The molecule has 2 aromatic rings. The number of H-pyrrole nitrogens is 1. The number of alkyl halides is 1. The molecule has 192 valence electrons. The Balaban J connectivity index is 1.53. The smallest absolute Gasteiger partial charge is 0.402 e. The summed E-state index contributed by atoms with van der Waals surface area (Å²) in [6.07, 6.45) is 3.33. The molecule has 35 heavy (non-hydrogen) atoms. The van der Waals surface area contributed by atoms with Gasteiger partial charge in [0.15, 0.2) is 0 Å². The number of phosphoric ester groups is 1. The van der Waals surface area contributed by atoms with Crippen LogP contribution in [0.4, 0.5) is 4.39 Å². The molecule has 3 unspecified atom stereocenters. The third-order valence-electron chi connectivity index (χ3n) is 5.99. The molecule has 1 aliphatic carbocycles. The Bertz CT molecular complexity index is 1190. The fourth-order valence-corrected chi connectivity index (χ4v) is 6.38. The molecular weight excluding hydrogens is 522 g/mol. The van der Waals surface area contributed by atoms with Crippen molar-refractivity contribution in [1.82, 2.24) is 9.55 Å². The molecule has 1 saturated heterocycles. The van der Waals surface area contributed by atoms with Crippen LogP contribution in [0.3, 0.4) is 0 Å². The Kier molecular flexibility index (Phi) is 8.45. The van der Waals surface area contributed by atoms with E-state index in [0.717, 1.165) is 23.5 Å². The van der Waals surface area contributed by atoms with Crippen LogP contribution in [-0.2, 0) is 18.3 Å². The summed E-state index contributed by atoms with van der Waals surface area (Å²) in [4.78, 5) is 25.9. The number of rotatable bonds is 10. The van der Waals surface area contributed by atoms with Crippen LogP contribution >= 0.6 is 32.1 Å². The van der Waals surface area contributed by atoms with Crippen LogP contribution in [0.25, 0.3) is 0 Å². The van der Waals surface area contributed by atoms with E-state index in [1.165, 1.54) is 12.3 Å². The SMILES string of the molecule is O=c1ccn(C2O[C@](F)(COP(=O)(Oc3ccccc3Cl)OC3CCCC3)CC2CCS)c(=O)[nH]1. The zero-order chi connectivity index (χ0) is 25.1. The molecule has 0 amide bonds. The van der Waals surface area contributed by atoms with Crippen LogP contribution in [0.5, 0.6) is 5.75 Å². The van der Waals surface area contributed by atoms with Gasteiger partial charge in [-0.3, -0.25) is 23.4 Å². The molecule has 9 nitrogen and oxygen atoms in total. The summed E-state index contributed by atoms with van der Waals surface area (Å²) in [6, 6.07) is 7.55. The Hall–Kier alpha value is -1.62.